The van der Waals surface area contributed by atoms with Crippen LogP contribution >= 0.6 is 0 Å². The van der Waals surface area contributed by atoms with Crippen LogP contribution in [0.15, 0.2) is 77.7 Å². The summed E-state index contributed by atoms with van der Waals surface area (Å²) in [6.45, 7) is 1.89. The molecule has 29 heavy (non-hydrogen) atoms. The molecule has 0 atom stereocenters. The number of carboxylic acid groups (broad SMARTS) is 1. The number of rotatable bonds is 6. The highest BCUT2D eigenvalue weighted by Crippen LogP contribution is 2.19. The third-order valence-electron chi connectivity index (χ3n) is 4.11. The molecule has 0 bridgehead atoms. The molecule has 0 radical (unpaired) electrons. The Morgan fingerprint density at radius 3 is 2.28 bits per heavy atom. The van der Waals surface area contributed by atoms with E-state index >= 15 is 0 Å². The maximum Gasteiger partial charge on any atom is 0.261 e. The second-order valence-corrected chi connectivity index (χ2v) is 7.97. The third kappa shape index (κ3) is 4.80. The number of hydrogen-bond donors (Lipinski definition) is 2. The first-order chi connectivity index (χ1) is 13.8. The number of sulfonamides is 1. The Bertz CT molecular complexity index is 1170. The minimum atomic E-state index is -3.91. The Morgan fingerprint density at radius 2 is 1.59 bits per heavy atom. The van der Waals surface area contributed by atoms with E-state index in [0.717, 1.165) is 5.56 Å². The van der Waals surface area contributed by atoms with Crippen molar-refractivity contribution in [1.29, 1.82) is 0 Å². The van der Waals surface area contributed by atoms with Gasteiger partial charge in [-0.1, -0.05) is 42.0 Å². The molecule has 0 aromatic heterocycles. The zero-order valence-corrected chi connectivity index (χ0v) is 16.2. The largest absolute Gasteiger partial charge is 0.545 e. The molecular weight excluding hydrogens is 392 g/mol. The van der Waals surface area contributed by atoms with Gasteiger partial charge in [0, 0.05) is 16.8 Å². The van der Waals surface area contributed by atoms with E-state index in [0.29, 0.717) is 5.69 Å². The topological polar surface area (TPSA) is 115 Å². The number of anilines is 2. The van der Waals surface area contributed by atoms with Crippen molar-refractivity contribution in [3.8, 4) is 0 Å². The van der Waals surface area contributed by atoms with Gasteiger partial charge < -0.3 is 15.2 Å². The average Bonchev–Trinajstić information content (AvgIpc) is 2.70. The van der Waals surface area contributed by atoms with E-state index < -0.39 is 21.9 Å². The predicted octanol–water partition coefficient (Wildman–Crippen LogP) is 2.41. The SMILES string of the molecule is Cc1ccc(NS(=O)(=O)c2cccc(C(=O)Nc3ccccc3C(=O)[O-])c2)cc1. The molecule has 0 spiro atoms. The number of aryl methyl sites for hydroxylation is 1. The first kappa shape index (κ1) is 20.1. The van der Waals surface area contributed by atoms with E-state index in [1.165, 1.54) is 42.5 Å². The first-order valence-corrected chi connectivity index (χ1v) is 10.1. The van der Waals surface area contributed by atoms with Gasteiger partial charge in [0.2, 0.25) is 0 Å². The number of carbonyl (C=O) groups is 2. The molecule has 0 fully saturated rings. The van der Waals surface area contributed by atoms with Crippen LogP contribution in [0, 0.1) is 6.92 Å². The quantitative estimate of drug-likeness (QED) is 0.649. The molecule has 2 N–H and O–H groups in total. The first-order valence-electron chi connectivity index (χ1n) is 8.57. The van der Waals surface area contributed by atoms with Crippen LogP contribution in [0.1, 0.15) is 26.3 Å². The lowest BCUT2D eigenvalue weighted by atomic mass is 10.1. The number of benzene rings is 3. The number of para-hydroxylation sites is 1. The van der Waals surface area contributed by atoms with Gasteiger partial charge in [-0.15, -0.1) is 0 Å². The minimum absolute atomic E-state index is 0.0588. The van der Waals surface area contributed by atoms with E-state index in [9.17, 15) is 23.1 Å². The molecule has 7 nitrogen and oxygen atoms in total. The Kier molecular flexibility index (Phi) is 5.65. The molecule has 0 unspecified atom stereocenters. The smallest absolute Gasteiger partial charge is 0.261 e. The van der Waals surface area contributed by atoms with Crippen LogP contribution < -0.4 is 15.1 Å². The van der Waals surface area contributed by atoms with Gasteiger partial charge >= 0.3 is 0 Å². The van der Waals surface area contributed by atoms with Crippen LogP contribution in [-0.4, -0.2) is 20.3 Å². The second-order valence-electron chi connectivity index (χ2n) is 6.29. The molecule has 0 saturated heterocycles. The highest BCUT2D eigenvalue weighted by atomic mass is 32.2. The highest BCUT2D eigenvalue weighted by Gasteiger charge is 2.17. The zero-order chi connectivity index (χ0) is 21.0. The molecule has 0 aliphatic rings. The summed E-state index contributed by atoms with van der Waals surface area (Å²) in [4.78, 5) is 23.6. The van der Waals surface area contributed by atoms with Gasteiger partial charge in [0.25, 0.3) is 15.9 Å². The van der Waals surface area contributed by atoms with Gasteiger partial charge in [-0.05, 0) is 43.3 Å². The van der Waals surface area contributed by atoms with E-state index in [1.54, 1.807) is 30.3 Å². The van der Waals surface area contributed by atoms with Gasteiger partial charge in [0.15, 0.2) is 0 Å². The molecule has 3 rings (SSSR count). The summed E-state index contributed by atoms with van der Waals surface area (Å²) in [6.07, 6.45) is 0. The number of carbonyl (C=O) groups excluding carboxylic acids is 2. The fourth-order valence-electron chi connectivity index (χ4n) is 2.60. The van der Waals surface area contributed by atoms with Crippen molar-refractivity contribution in [1.82, 2.24) is 0 Å². The van der Waals surface area contributed by atoms with Crippen molar-refractivity contribution in [2.45, 2.75) is 11.8 Å². The lowest BCUT2D eigenvalue weighted by Gasteiger charge is -2.12. The lowest BCUT2D eigenvalue weighted by Crippen LogP contribution is -2.24. The van der Waals surface area contributed by atoms with Gasteiger partial charge in [0.05, 0.1) is 16.6 Å². The second kappa shape index (κ2) is 8.15. The molecule has 0 aliphatic carbocycles. The monoisotopic (exact) mass is 409 g/mol. The number of amides is 1. The average molecular weight is 409 g/mol. The van der Waals surface area contributed by atoms with Crippen molar-refractivity contribution in [2.24, 2.45) is 0 Å². The Labute approximate surface area is 168 Å². The fourth-order valence-corrected chi connectivity index (χ4v) is 3.71. The Hall–Kier alpha value is -3.65. The van der Waals surface area contributed by atoms with Crippen molar-refractivity contribution in [2.75, 3.05) is 10.0 Å². The van der Waals surface area contributed by atoms with Gasteiger partial charge in [-0.2, -0.15) is 0 Å². The van der Waals surface area contributed by atoms with E-state index in [4.69, 9.17) is 0 Å². The van der Waals surface area contributed by atoms with Crippen LogP contribution in [0.2, 0.25) is 0 Å². The van der Waals surface area contributed by atoms with Crippen molar-refractivity contribution < 1.29 is 23.1 Å². The summed E-state index contributed by atoms with van der Waals surface area (Å²) < 4.78 is 27.7. The van der Waals surface area contributed by atoms with Crippen LogP contribution in [0.5, 0.6) is 0 Å². The van der Waals surface area contributed by atoms with Crippen molar-refractivity contribution in [3.05, 3.63) is 89.5 Å². The lowest BCUT2D eigenvalue weighted by molar-refractivity contribution is -0.254. The summed E-state index contributed by atoms with van der Waals surface area (Å²) in [7, 11) is -3.91. The number of aromatic carboxylic acids is 1. The molecule has 0 heterocycles. The van der Waals surface area contributed by atoms with Crippen LogP contribution in [-0.2, 0) is 10.0 Å². The summed E-state index contributed by atoms with van der Waals surface area (Å²) in [5, 5.41) is 13.6. The Morgan fingerprint density at radius 1 is 0.897 bits per heavy atom. The van der Waals surface area contributed by atoms with Crippen molar-refractivity contribution in [3.63, 3.8) is 0 Å². The van der Waals surface area contributed by atoms with Crippen LogP contribution in [0.3, 0.4) is 0 Å². The van der Waals surface area contributed by atoms with Gasteiger partial charge in [0.1, 0.15) is 0 Å². The molecule has 3 aromatic carbocycles. The zero-order valence-electron chi connectivity index (χ0n) is 15.4. The maximum atomic E-state index is 12.6. The van der Waals surface area contributed by atoms with E-state index in [-0.39, 0.29) is 21.7 Å². The summed E-state index contributed by atoms with van der Waals surface area (Å²) in [6, 6.07) is 18.1. The summed E-state index contributed by atoms with van der Waals surface area (Å²) >= 11 is 0. The van der Waals surface area contributed by atoms with E-state index in [1.807, 2.05) is 6.92 Å². The molecule has 3 aromatic rings. The number of carboxylic acids is 1. The van der Waals surface area contributed by atoms with Gasteiger partial charge in [-0.3, -0.25) is 9.52 Å². The molecule has 0 aliphatic heterocycles. The molecule has 8 heteroatoms. The number of hydrogen-bond acceptors (Lipinski definition) is 5. The minimum Gasteiger partial charge on any atom is -0.545 e. The summed E-state index contributed by atoms with van der Waals surface area (Å²) in [5.41, 5.74) is 1.33. The normalized spacial score (nSPS) is 10.9. The number of nitrogens with one attached hydrogen (secondary N) is 2. The third-order valence-corrected chi connectivity index (χ3v) is 5.48. The standard InChI is InChI=1S/C21H18N2O5S/c1-14-9-11-16(12-10-14)23-29(27,28)17-6-4-5-15(13-17)20(24)22-19-8-3-2-7-18(19)21(25)26/h2-13,23H,1H3,(H,22,24)(H,25,26)/p-1. The molecule has 0 saturated carbocycles. The molecule has 148 valence electrons. The predicted molar refractivity (Wildman–Crippen MR) is 107 cm³/mol. The fraction of sp³-hybridized carbons (Fsp3) is 0.0476. The Balaban J connectivity index is 1.84. The van der Waals surface area contributed by atoms with Crippen molar-refractivity contribution >= 4 is 33.3 Å². The maximum absolute atomic E-state index is 12.6. The highest BCUT2D eigenvalue weighted by molar-refractivity contribution is 7.92. The van der Waals surface area contributed by atoms with Gasteiger partial charge in [-0.25, -0.2) is 8.42 Å². The van der Waals surface area contributed by atoms with Crippen LogP contribution in [0.4, 0.5) is 11.4 Å². The van der Waals surface area contributed by atoms with E-state index in [2.05, 4.69) is 10.0 Å². The summed E-state index contributed by atoms with van der Waals surface area (Å²) in [5.74, 6) is -2.08. The molecular formula is C21H17N2O5S-. The molecule has 1 amide bonds. The van der Waals surface area contributed by atoms with Crippen LogP contribution in [0.25, 0.3) is 0 Å².